The maximum absolute atomic E-state index is 12.5. The lowest BCUT2D eigenvalue weighted by molar-refractivity contribution is -0.144. The Morgan fingerprint density at radius 2 is 2.00 bits per heavy atom. The largest absolute Gasteiger partial charge is 0.493 e. The molecule has 0 aromatic heterocycles. The van der Waals surface area contributed by atoms with Crippen LogP contribution in [0.1, 0.15) is 30.1 Å². The van der Waals surface area contributed by atoms with E-state index in [0.717, 1.165) is 12.8 Å². The fraction of sp³-hybridized carbons (Fsp3) is 0.500. The van der Waals surface area contributed by atoms with Gasteiger partial charge >= 0.3 is 5.97 Å². The Morgan fingerprint density at radius 3 is 2.61 bits per heavy atom. The second kappa shape index (κ2) is 5.64. The first kappa shape index (κ1) is 15.5. The van der Waals surface area contributed by atoms with Crippen molar-refractivity contribution < 1.29 is 28.9 Å². The zero-order valence-electron chi connectivity index (χ0n) is 13.0. The lowest BCUT2D eigenvalue weighted by Gasteiger charge is -2.27. The summed E-state index contributed by atoms with van der Waals surface area (Å²) in [6, 6.07) is 3.07. The molecule has 1 fully saturated rings. The summed E-state index contributed by atoms with van der Waals surface area (Å²) in [7, 11) is 1.47. The van der Waals surface area contributed by atoms with E-state index < -0.39 is 17.4 Å². The van der Waals surface area contributed by atoms with Crippen LogP contribution in [0.3, 0.4) is 0 Å². The Bertz CT molecular complexity index is 637. The number of hydrogen-bond donors (Lipinski definition) is 2. The summed E-state index contributed by atoms with van der Waals surface area (Å²) in [6.45, 7) is 2.34. The molecule has 1 heterocycles. The second-order valence-electron chi connectivity index (χ2n) is 5.94. The lowest BCUT2D eigenvalue weighted by Crippen LogP contribution is -2.54. The SMILES string of the molecule is COc1cc(C(=O)N[C@](C)(C(=O)O)C2CC2)cc2c1OCCO2. The van der Waals surface area contributed by atoms with Crippen LogP contribution in [-0.4, -0.2) is 42.8 Å². The molecule has 0 saturated heterocycles. The first-order chi connectivity index (χ1) is 11.0. The Balaban J connectivity index is 1.89. The summed E-state index contributed by atoms with van der Waals surface area (Å²) in [5, 5.41) is 12.1. The van der Waals surface area contributed by atoms with Gasteiger partial charge in [0.15, 0.2) is 11.5 Å². The van der Waals surface area contributed by atoms with Gasteiger partial charge in [-0.2, -0.15) is 0 Å². The molecule has 1 aromatic rings. The fourth-order valence-corrected chi connectivity index (χ4v) is 2.70. The van der Waals surface area contributed by atoms with Gasteiger partial charge in [0.25, 0.3) is 5.91 Å². The molecule has 2 aliphatic rings. The maximum atomic E-state index is 12.5. The Morgan fingerprint density at radius 1 is 1.30 bits per heavy atom. The first-order valence-corrected chi connectivity index (χ1v) is 7.49. The number of ether oxygens (including phenoxy) is 3. The van der Waals surface area contributed by atoms with Crippen LogP contribution in [0, 0.1) is 5.92 Å². The molecule has 2 N–H and O–H groups in total. The van der Waals surface area contributed by atoms with Gasteiger partial charge in [0.05, 0.1) is 7.11 Å². The van der Waals surface area contributed by atoms with Gasteiger partial charge < -0.3 is 24.6 Å². The number of fused-ring (bicyclic) bond motifs is 1. The van der Waals surface area contributed by atoms with Crippen LogP contribution in [0.25, 0.3) is 0 Å². The standard InChI is InChI=1S/C16H19NO6/c1-16(15(19)20,10-3-4-10)17-14(18)9-7-11(21-2)13-12(8-9)22-5-6-23-13/h7-8,10H,3-6H2,1-2H3,(H,17,18)(H,19,20)/t16-/m0/s1. The second-order valence-corrected chi connectivity index (χ2v) is 5.94. The topological polar surface area (TPSA) is 94.1 Å². The number of carboxylic acid groups (broad SMARTS) is 1. The van der Waals surface area contributed by atoms with Crippen molar-refractivity contribution in [2.75, 3.05) is 20.3 Å². The third kappa shape index (κ3) is 2.78. The fourth-order valence-electron chi connectivity index (χ4n) is 2.70. The van der Waals surface area contributed by atoms with Crippen LogP contribution >= 0.6 is 0 Å². The van der Waals surface area contributed by atoms with E-state index in [1.165, 1.54) is 13.2 Å². The minimum absolute atomic E-state index is 0.0388. The average Bonchev–Trinajstić information content (AvgIpc) is 3.38. The molecule has 0 bridgehead atoms. The van der Waals surface area contributed by atoms with Gasteiger partial charge in [0.2, 0.25) is 5.75 Å². The molecular weight excluding hydrogens is 302 g/mol. The summed E-state index contributed by atoms with van der Waals surface area (Å²) in [5.74, 6) is -0.281. The van der Waals surface area contributed by atoms with Crippen LogP contribution in [-0.2, 0) is 4.79 Å². The molecule has 3 rings (SSSR count). The molecule has 0 unspecified atom stereocenters. The van der Waals surface area contributed by atoms with E-state index in [1.807, 2.05) is 0 Å². The first-order valence-electron chi connectivity index (χ1n) is 7.49. The number of nitrogens with one attached hydrogen (secondary N) is 1. The van der Waals surface area contributed by atoms with Crippen molar-refractivity contribution in [3.63, 3.8) is 0 Å². The molecule has 1 atom stereocenters. The molecule has 7 heteroatoms. The number of amides is 1. The normalized spacial score (nSPS) is 18.7. The van der Waals surface area contributed by atoms with Crippen molar-refractivity contribution in [3.05, 3.63) is 17.7 Å². The highest BCUT2D eigenvalue weighted by Crippen LogP contribution is 2.42. The minimum atomic E-state index is -1.27. The quantitative estimate of drug-likeness (QED) is 0.852. The van der Waals surface area contributed by atoms with Crippen molar-refractivity contribution in [2.45, 2.75) is 25.3 Å². The monoisotopic (exact) mass is 321 g/mol. The Kier molecular flexibility index (Phi) is 3.79. The molecule has 7 nitrogen and oxygen atoms in total. The van der Waals surface area contributed by atoms with Crippen molar-refractivity contribution in [1.82, 2.24) is 5.32 Å². The molecule has 1 aromatic carbocycles. The summed E-state index contributed by atoms with van der Waals surface area (Å²) < 4.78 is 16.2. The number of rotatable bonds is 5. The van der Waals surface area contributed by atoms with Gasteiger partial charge in [0.1, 0.15) is 18.8 Å². The Labute approximate surface area is 133 Å². The average molecular weight is 321 g/mol. The third-order valence-corrected chi connectivity index (χ3v) is 4.30. The lowest BCUT2D eigenvalue weighted by atomic mass is 9.95. The summed E-state index contributed by atoms with van der Waals surface area (Å²) in [6.07, 6.45) is 1.60. The third-order valence-electron chi connectivity index (χ3n) is 4.30. The van der Waals surface area contributed by atoms with Crippen molar-refractivity contribution in [3.8, 4) is 17.2 Å². The minimum Gasteiger partial charge on any atom is -0.493 e. The van der Waals surface area contributed by atoms with Gasteiger partial charge in [-0.1, -0.05) is 0 Å². The number of aliphatic carboxylic acids is 1. The molecular formula is C16H19NO6. The number of hydrogen-bond acceptors (Lipinski definition) is 5. The predicted octanol–water partition coefficient (Wildman–Crippen LogP) is 1.45. The van der Waals surface area contributed by atoms with Crippen LogP contribution in [0.2, 0.25) is 0 Å². The highest BCUT2D eigenvalue weighted by Gasteiger charge is 2.48. The number of benzene rings is 1. The van der Waals surface area contributed by atoms with Gasteiger partial charge in [-0.3, -0.25) is 4.79 Å². The van der Waals surface area contributed by atoms with Crippen LogP contribution < -0.4 is 19.5 Å². The van der Waals surface area contributed by atoms with Crippen LogP contribution in [0.4, 0.5) is 0 Å². The van der Waals surface area contributed by atoms with Crippen LogP contribution in [0.15, 0.2) is 12.1 Å². The molecule has 1 aliphatic carbocycles. The van der Waals surface area contributed by atoms with Gasteiger partial charge in [-0.25, -0.2) is 4.79 Å². The van der Waals surface area contributed by atoms with Crippen molar-refractivity contribution in [1.29, 1.82) is 0 Å². The van der Waals surface area contributed by atoms with E-state index in [4.69, 9.17) is 14.2 Å². The zero-order chi connectivity index (χ0) is 16.6. The Hall–Kier alpha value is -2.44. The van der Waals surface area contributed by atoms with Gasteiger partial charge in [-0.05, 0) is 37.8 Å². The summed E-state index contributed by atoms with van der Waals surface area (Å²) in [5.41, 5.74) is -0.989. The smallest absolute Gasteiger partial charge is 0.329 e. The zero-order valence-corrected chi connectivity index (χ0v) is 13.0. The molecule has 1 aliphatic heterocycles. The van der Waals surface area contributed by atoms with Gasteiger partial charge in [0, 0.05) is 5.56 Å². The van der Waals surface area contributed by atoms with E-state index in [2.05, 4.69) is 5.32 Å². The van der Waals surface area contributed by atoms with E-state index in [-0.39, 0.29) is 11.5 Å². The number of carboxylic acids is 1. The molecule has 23 heavy (non-hydrogen) atoms. The van der Waals surface area contributed by atoms with E-state index in [1.54, 1.807) is 13.0 Å². The predicted molar refractivity (Wildman–Crippen MR) is 80.2 cm³/mol. The molecule has 1 saturated carbocycles. The number of carbonyl (C=O) groups is 2. The van der Waals surface area contributed by atoms with E-state index in [9.17, 15) is 14.7 Å². The molecule has 0 radical (unpaired) electrons. The number of methoxy groups -OCH3 is 1. The highest BCUT2D eigenvalue weighted by molar-refractivity contribution is 5.99. The van der Waals surface area contributed by atoms with Crippen molar-refractivity contribution in [2.24, 2.45) is 5.92 Å². The molecule has 1 amide bonds. The molecule has 0 spiro atoms. The van der Waals surface area contributed by atoms with Crippen LogP contribution in [0.5, 0.6) is 17.2 Å². The van der Waals surface area contributed by atoms with Gasteiger partial charge in [-0.15, -0.1) is 0 Å². The maximum Gasteiger partial charge on any atom is 0.329 e. The number of carbonyl (C=O) groups excluding carboxylic acids is 1. The molecule has 124 valence electrons. The van der Waals surface area contributed by atoms with E-state index in [0.29, 0.717) is 30.5 Å². The van der Waals surface area contributed by atoms with Crippen molar-refractivity contribution >= 4 is 11.9 Å². The summed E-state index contributed by atoms with van der Waals surface area (Å²) in [4.78, 5) is 24.1. The summed E-state index contributed by atoms with van der Waals surface area (Å²) >= 11 is 0. The highest BCUT2D eigenvalue weighted by atomic mass is 16.6. The van der Waals surface area contributed by atoms with E-state index >= 15 is 0 Å².